The molecule has 0 aliphatic carbocycles. The molecule has 2 heterocycles. The molecule has 0 unspecified atom stereocenters. The van der Waals surface area contributed by atoms with Gasteiger partial charge < -0.3 is 4.74 Å². The lowest BCUT2D eigenvalue weighted by Gasteiger charge is -2.21. The van der Waals surface area contributed by atoms with E-state index in [0.29, 0.717) is 12.4 Å². The smallest absolute Gasteiger partial charge is 0.272 e. The predicted molar refractivity (Wildman–Crippen MR) is 58.9 cm³/mol. The quantitative estimate of drug-likeness (QED) is 0.666. The Morgan fingerprint density at radius 1 is 1.38 bits per heavy atom. The van der Waals surface area contributed by atoms with E-state index in [-0.39, 0.29) is 5.56 Å². The lowest BCUT2D eigenvalue weighted by atomic mass is 10.2. The van der Waals surface area contributed by atoms with Crippen LogP contribution in [0, 0.1) is 6.92 Å². The average molecular weight is 214 g/mol. The molecule has 0 atom stereocenters. The van der Waals surface area contributed by atoms with Gasteiger partial charge in [-0.3, -0.25) is 9.36 Å². The summed E-state index contributed by atoms with van der Waals surface area (Å²) in [6, 6.07) is 7.42. The molecule has 4 heteroatoms. The summed E-state index contributed by atoms with van der Waals surface area (Å²) in [6.07, 6.45) is 1.74. The molecule has 0 spiro atoms. The number of rotatable bonds is 0. The van der Waals surface area contributed by atoms with Crippen molar-refractivity contribution in [3.8, 4) is 11.4 Å². The fraction of sp³-hybridized carbons (Fsp3) is 0.167. The maximum atomic E-state index is 11.1. The third-order valence-corrected chi connectivity index (χ3v) is 2.62. The van der Waals surface area contributed by atoms with Crippen molar-refractivity contribution in [3.05, 3.63) is 52.2 Å². The molecule has 0 N–H and O–H groups in total. The van der Waals surface area contributed by atoms with Crippen LogP contribution in [0.2, 0.25) is 0 Å². The monoisotopic (exact) mass is 214 g/mol. The summed E-state index contributed by atoms with van der Waals surface area (Å²) in [6.45, 7) is 2.36. The van der Waals surface area contributed by atoms with E-state index in [0.717, 1.165) is 17.0 Å². The second-order valence-electron chi connectivity index (χ2n) is 3.81. The first kappa shape index (κ1) is 9.15. The van der Waals surface area contributed by atoms with E-state index in [1.54, 1.807) is 6.20 Å². The Balaban J connectivity index is 2.27. The lowest BCUT2D eigenvalue weighted by molar-refractivity contribution is 0.276. The Bertz CT molecular complexity index is 617. The maximum Gasteiger partial charge on any atom is 0.272 e. The zero-order valence-electron chi connectivity index (χ0n) is 8.80. The molecule has 2 aromatic rings. The van der Waals surface area contributed by atoms with Crippen molar-refractivity contribution >= 4 is 0 Å². The van der Waals surface area contributed by atoms with E-state index in [1.165, 1.54) is 6.07 Å². The van der Waals surface area contributed by atoms with E-state index < -0.39 is 0 Å². The van der Waals surface area contributed by atoms with Gasteiger partial charge in [0.15, 0.2) is 5.82 Å². The number of hydrogen-bond acceptors (Lipinski definition) is 3. The van der Waals surface area contributed by atoms with E-state index >= 15 is 0 Å². The van der Waals surface area contributed by atoms with Crippen LogP contribution in [0.4, 0.5) is 0 Å². The molecule has 0 amide bonds. The zero-order valence-corrected chi connectivity index (χ0v) is 8.80. The number of aryl methyl sites for hydroxylation is 1. The SMILES string of the molecule is Cc1ccc2c(c1)OCc1nc(=O)ccn1-2. The molecule has 0 fully saturated rings. The van der Waals surface area contributed by atoms with Gasteiger partial charge in [0.05, 0.1) is 5.69 Å². The number of fused-ring (bicyclic) bond motifs is 3. The van der Waals surface area contributed by atoms with Crippen LogP contribution in [0.5, 0.6) is 5.75 Å². The molecule has 1 aromatic heterocycles. The van der Waals surface area contributed by atoms with Crippen LogP contribution in [-0.4, -0.2) is 9.55 Å². The minimum atomic E-state index is -0.231. The van der Waals surface area contributed by atoms with Gasteiger partial charge in [-0.1, -0.05) is 6.07 Å². The fourth-order valence-corrected chi connectivity index (χ4v) is 1.84. The van der Waals surface area contributed by atoms with Crippen LogP contribution in [0.1, 0.15) is 11.4 Å². The summed E-state index contributed by atoms with van der Waals surface area (Å²) in [5.41, 5.74) is 1.85. The second-order valence-corrected chi connectivity index (χ2v) is 3.81. The molecule has 0 saturated heterocycles. The van der Waals surface area contributed by atoms with Crippen LogP contribution >= 0.6 is 0 Å². The molecule has 16 heavy (non-hydrogen) atoms. The topological polar surface area (TPSA) is 44.1 Å². The Morgan fingerprint density at radius 2 is 2.25 bits per heavy atom. The first-order valence-electron chi connectivity index (χ1n) is 5.06. The minimum absolute atomic E-state index is 0.231. The van der Waals surface area contributed by atoms with Crippen LogP contribution in [0.3, 0.4) is 0 Å². The van der Waals surface area contributed by atoms with Crippen LogP contribution in [0.15, 0.2) is 35.3 Å². The highest BCUT2D eigenvalue weighted by molar-refractivity contribution is 5.50. The second kappa shape index (κ2) is 3.20. The van der Waals surface area contributed by atoms with E-state index in [4.69, 9.17) is 4.74 Å². The van der Waals surface area contributed by atoms with Crippen molar-refractivity contribution < 1.29 is 4.74 Å². The summed E-state index contributed by atoms with van der Waals surface area (Å²) in [7, 11) is 0. The Labute approximate surface area is 92.1 Å². The van der Waals surface area contributed by atoms with E-state index in [9.17, 15) is 4.79 Å². The molecule has 1 aliphatic heterocycles. The van der Waals surface area contributed by atoms with E-state index in [2.05, 4.69) is 4.98 Å². The molecule has 0 saturated carbocycles. The number of aromatic nitrogens is 2. The summed E-state index contributed by atoms with van der Waals surface area (Å²) in [5, 5.41) is 0. The molecule has 80 valence electrons. The van der Waals surface area contributed by atoms with Gasteiger partial charge in [0, 0.05) is 12.3 Å². The maximum absolute atomic E-state index is 11.1. The Morgan fingerprint density at radius 3 is 3.12 bits per heavy atom. The summed E-state index contributed by atoms with van der Waals surface area (Å²) < 4.78 is 7.45. The summed E-state index contributed by atoms with van der Waals surface area (Å²) >= 11 is 0. The Hall–Kier alpha value is -2.10. The molecule has 1 aromatic carbocycles. The number of ether oxygens (including phenoxy) is 1. The molecule has 4 nitrogen and oxygen atoms in total. The van der Waals surface area contributed by atoms with Crippen LogP contribution in [0.25, 0.3) is 5.69 Å². The van der Waals surface area contributed by atoms with Gasteiger partial charge in [-0.15, -0.1) is 0 Å². The number of nitrogens with zero attached hydrogens (tertiary/aromatic N) is 2. The lowest BCUT2D eigenvalue weighted by Crippen LogP contribution is -2.21. The largest absolute Gasteiger partial charge is 0.483 e. The molecular formula is C12H10N2O2. The normalized spacial score (nSPS) is 12.6. The van der Waals surface area contributed by atoms with Gasteiger partial charge >= 0.3 is 0 Å². The van der Waals surface area contributed by atoms with Gasteiger partial charge in [0.25, 0.3) is 5.56 Å². The van der Waals surface area contributed by atoms with Gasteiger partial charge in [-0.2, -0.15) is 4.98 Å². The third kappa shape index (κ3) is 1.31. The molecular weight excluding hydrogens is 204 g/mol. The highest BCUT2D eigenvalue weighted by atomic mass is 16.5. The van der Waals surface area contributed by atoms with E-state index in [1.807, 2.05) is 29.7 Å². The fourth-order valence-electron chi connectivity index (χ4n) is 1.84. The predicted octanol–water partition coefficient (Wildman–Crippen LogP) is 1.43. The summed E-state index contributed by atoms with van der Waals surface area (Å²) in [4.78, 5) is 15.0. The van der Waals surface area contributed by atoms with Crippen molar-refractivity contribution in [1.82, 2.24) is 9.55 Å². The average Bonchev–Trinajstić information content (AvgIpc) is 2.28. The first-order chi connectivity index (χ1) is 7.74. The Kier molecular flexibility index (Phi) is 1.83. The molecule has 0 bridgehead atoms. The van der Waals surface area contributed by atoms with Crippen molar-refractivity contribution in [2.75, 3.05) is 0 Å². The summed E-state index contributed by atoms with van der Waals surface area (Å²) in [5.74, 6) is 1.47. The zero-order chi connectivity index (χ0) is 11.1. The first-order valence-corrected chi connectivity index (χ1v) is 5.06. The van der Waals surface area contributed by atoms with Gasteiger partial charge in [-0.25, -0.2) is 0 Å². The van der Waals surface area contributed by atoms with Crippen molar-refractivity contribution in [2.45, 2.75) is 13.5 Å². The molecule has 0 radical (unpaired) electrons. The van der Waals surface area contributed by atoms with Crippen molar-refractivity contribution in [2.24, 2.45) is 0 Å². The van der Waals surface area contributed by atoms with Crippen LogP contribution < -0.4 is 10.3 Å². The van der Waals surface area contributed by atoms with Crippen molar-refractivity contribution in [3.63, 3.8) is 0 Å². The minimum Gasteiger partial charge on any atom is -0.483 e. The van der Waals surface area contributed by atoms with Gasteiger partial charge in [-0.05, 0) is 24.6 Å². The molecule has 3 rings (SSSR count). The van der Waals surface area contributed by atoms with Gasteiger partial charge in [0.1, 0.15) is 12.4 Å². The standard InChI is InChI=1S/C12H10N2O2/c1-8-2-3-9-10(6-8)16-7-11-13-12(15)4-5-14(9)11/h2-6H,7H2,1H3. The third-order valence-electron chi connectivity index (χ3n) is 2.62. The highest BCUT2D eigenvalue weighted by Crippen LogP contribution is 2.28. The van der Waals surface area contributed by atoms with Crippen molar-refractivity contribution in [1.29, 1.82) is 0 Å². The number of hydrogen-bond donors (Lipinski definition) is 0. The molecule has 1 aliphatic rings. The number of benzene rings is 1. The highest BCUT2D eigenvalue weighted by Gasteiger charge is 2.16. The van der Waals surface area contributed by atoms with Gasteiger partial charge in [0.2, 0.25) is 0 Å². The van der Waals surface area contributed by atoms with Crippen LogP contribution in [-0.2, 0) is 6.61 Å².